The molecule has 0 aliphatic heterocycles. The Morgan fingerprint density at radius 2 is 1.81 bits per heavy atom. The molecule has 1 aliphatic rings. The molecule has 1 aromatic rings. The molecule has 8 nitrogen and oxygen atoms in total. The van der Waals surface area contributed by atoms with E-state index in [4.69, 9.17) is 27.9 Å². The normalized spacial score (nSPS) is 18.4. The second kappa shape index (κ2) is 11.0. The third-order valence-electron chi connectivity index (χ3n) is 4.88. The van der Waals surface area contributed by atoms with Crippen LogP contribution in [0.1, 0.15) is 56.8 Å². The van der Waals surface area contributed by atoms with E-state index >= 15 is 0 Å². The number of carbonyl (C=O) groups excluding carboxylic acids is 3. The Bertz CT molecular complexity index is 884. The molecule has 1 unspecified atom stereocenters. The van der Waals surface area contributed by atoms with Crippen LogP contribution in [0.4, 0.5) is 4.79 Å². The second-order valence-corrected chi connectivity index (χ2v) is 9.58. The van der Waals surface area contributed by atoms with Gasteiger partial charge in [0, 0.05) is 23.9 Å². The highest BCUT2D eigenvalue weighted by molar-refractivity contribution is 6.42. The molecule has 3 N–H and O–H groups in total. The van der Waals surface area contributed by atoms with Crippen molar-refractivity contribution in [2.45, 2.75) is 58.1 Å². The molecule has 1 aliphatic carbocycles. The average Bonchev–Trinajstić information content (AvgIpc) is 3.47. The van der Waals surface area contributed by atoms with Gasteiger partial charge in [-0.05, 0) is 64.7 Å². The van der Waals surface area contributed by atoms with Crippen LogP contribution in [0.3, 0.4) is 0 Å². The Morgan fingerprint density at radius 3 is 2.41 bits per heavy atom. The zero-order valence-corrected chi connectivity index (χ0v) is 19.8. The molecule has 0 heterocycles. The van der Waals surface area contributed by atoms with Crippen LogP contribution in [-0.2, 0) is 14.3 Å². The summed E-state index contributed by atoms with van der Waals surface area (Å²) in [5.74, 6) is -2.24. The Morgan fingerprint density at radius 1 is 1.12 bits per heavy atom. The monoisotopic (exact) mass is 486 g/mol. The number of carbonyl (C=O) groups is 4. The van der Waals surface area contributed by atoms with Crippen molar-refractivity contribution in [1.82, 2.24) is 10.6 Å². The molecule has 2 amide bonds. The van der Waals surface area contributed by atoms with Gasteiger partial charge in [-0.3, -0.25) is 9.59 Å². The number of Topliss-reactive ketones (excluding diaryl/α,β-unsaturated/α-hetero) is 1. The van der Waals surface area contributed by atoms with Crippen LogP contribution in [0.2, 0.25) is 10.0 Å². The summed E-state index contributed by atoms with van der Waals surface area (Å²) in [6.45, 7) is 5.41. The van der Waals surface area contributed by atoms with Crippen molar-refractivity contribution < 1.29 is 29.0 Å². The lowest BCUT2D eigenvalue weighted by atomic mass is 10.1. The van der Waals surface area contributed by atoms with E-state index in [1.165, 1.54) is 6.07 Å². The van der Waals surface area contributed by atoms with E-state index in [1.54, 1.807) is 32.9 Å². The molecule has 10 heteroatoms. The number of ether oxygens (including phenoxy) is 1. The molecule has 0 radical (unpaired) electrons. The number of carboxylic acid groups (broad SMARTS) is 1. The summed E-state index contributed by atoms with van der Waals surface area (Å²) in [6, 6.07) is 3.58. The molecule has 0 saturated heterocycles. The predicted molar refractivity (Wildman–Crippen MR) is 120 cm³/mol. The van der Waals surface area contributed by atoms with Crippen molar-refractivity contribution in [2.24, 2.45) is 11.8 Å². The van der Waals surface area contributed by atoms with Crippen molar-refractivity contribution in [2.75, 3.05) is 6.54 Å². The number of alkyl carbamates (subject to hydrolysis) is 1. The van der Waals surface area contributed by atoms with E-state index in [0.717, 1.165) is 0 Å². The molecule has 176 valence electrons. The van der Waals surface area contributed by atoms with E-state index < -0.39 is 23.7 Å². The number of hydrogen-bond acceptors (Lipinski definition) is 5. The minimum atomic E-state index is -1.15. The zero-order chi connectivity index (χ0) is 24.1. The highest BCUT2D eigenvalue weighted by atomic mass is 35.5. The minimum absolute atomic E-state index is 0.138. The van der Waals surface area contributed by atoms with Crippen molar-refractivity contribution in [1.29, 1.82) is 0 Å². The first kappa shape index (κ1) is 25.9. The molecule has 0 bridgehead atoms. The van der Waals surface area contributed by atoms with E-state index in [1.807, 2.05) is 0 Å². The fourth-order valence-corrected chi connectivity index (χ4v) is 3.46. The summed E-state index contributed by atoms with van der Waals surface area (Å²) in [5, 5.41) is 15.0. The standard InChI is InChI=1S/C22H28Cl2N2O6/c1-22(2,3)32-21(31)26-17(20(29)30)6-4-5-9-25-19(28)14-11-13(14)18(27)12-7-8-15(23)16(24)10-12/h7-8,10,13-14,17H,4-6,9,11H2,1-3H3,(H,25,28)(H,26,31)(H,29,30)/t13?,14-,17-/m0/s1. The van der Waals surface area contributed by atoms with E-state index in [9.17, 15) is 24.3 Å². The lowest BCUT2D eigenvalue weighted by Crippen LogP contribution is -2.43. The van der Waals surface area contributed by atoms with Crippen LogP contribution in [0, 0.1) is 11.8 Å². The van der Waals surface area contributed by atoms with E-state index in [0.29, 0.717) is 41.4 Å². The number of rotatable bonds is 10. The number of benzene rings is 1. The SMILES string of the molecule is CC(C)(C)OC(=O)N[C@@H](CCCCNC(=O)[C@H]1CC1C(=O)c1ccc(Cl)c(Cl)c1)C(=O)O. The van der Waals surface area contributed by atoms with Gasteiger partial charge in [-0.1, -0.05) is 23.2 Å². The Labute approximate surface area is 197 Å². The summed E-state index contributed by atoms with van der Waals surface area (Å²) in [7, 11) is 0. The van der Waals surface area contributed by atoms with Crippen LogP contribution in [0.15, 0.2) is 18.2 Å². The molecular weight excluding hydrogens is 459 g/mol. The number of nitrogens with one attached hydrogen (secondary N) is 2. The number of carboxylic acids is 1. The third kappa shape index (κ3) is 7.98. The summed E-state index contributed by atoms with van der Waals surface area (Å²) >= 11 is 11.8. The predicted octanol–water partition coefficient (Wildman–Crippen LogP) is 4.08. The van der Waals surface area contributed by atoms with Crippen LogP contribution in [0.5, 0.6) is 0 Å². The maximum atomic E-state index is 12.5. The molecule has 3 atom stereocenters. The molecule has 0 aromatic heterocycles. The van der Waals surface area contributed by atoms with Crippen LogP contribution in [-0.4, -0.2) is 47.0 Å². The summed E-state index contributed by atoms with van der Waals surface area (Å²) in [5.41, 5.74) is -0.295. The first-order valence-electron chi connectivity index (χ1n) is 10.4. The van der Waals surface area contributed by atoms with Gasteiger partial charge in [0.1, 0.15) is 11.6 Å². The highest BCUT2D eigenvalue weighted by Crippen LogP contribution is 2.41. The lowest BCUT2D eigenvalue weighted by Gasteiger charge is -2.22. The molecule has 1 aromatic carbocycles. The Kier molecular flexibility index (Phi) is 8.92. The number of halogens is 2. The Balaban J connectivity index is 1.69. The van der Waals surface area contributed by atoms with Gasteiger partial charge in [0.25, 0.3) is 0 Å². The van der Waals surface area contributed by atoms with Crippen LogP contribution >= 0.6 is 23.2 Å². The second-order valence-electron chi connectivity index (χ2n) is 8.77. The van der Waals surface area contributed by atoms with Crippen molar-refractivity contribution in [3.05, 3.63) is 33.8 Å². The topological polar surface area (TPSA) is 122 Å². The van der Waals surface area contributed by atoms with Crippen molar-refractivity contribution in [3.63, 3.8) is 0 Å². The molecular formula is C22H28Cl2N2O6. The van der Waals surface area contributed by atoms with Gasteiger partial charge >= 0.3 is 12.1 Å². The van der Waals surface area contributed by atoms with Crippen LogP contribution in [0.25, 0.3) is 0 Å². The van der Waals surface area contributed by atoms with Gasteiger partial charge in [0.15, 0.2) is 5.78 Å². The maximum Gasteiger partial charge on any atom is 0.408 e. The number of amides is 2. The van der Waals surface area contributed by atoms with Gasteiger partial charge < -0.3 is 20.5 Å². The molecule has 32 heavy (non-hydrogen) atoms. The molecule has 1 fully saturated rings. The fourth-order valence-electron chi connectivity index (χ4n) is 3.16. The third-order valence-corrected chi connectivity index (χ3v) is 5.61. The molecule has 0 spiro atoms. The van der Waals surface area contributed by atoms with Crippen LogP contribution < -0.4 is 10.6 Å². The molecule has 1 saturated carbocycles. The molecule has 2 rings (SSSR count). The van der Waals surface area contributed by atoms with Gasteiger partial charge in [0.05, 0.1) is 10.0 Å². The quantitative estimate of drug-likeness (QED) is 0.338. The fraction of sp³-hybridized carbons (Fsp3) is 0.545. The summed E-state index contributed by atoms with van der Waals surface area (Å²) in [6.07, 6.45) is 0.898. The summed E-state index contributed by atoms with van der Waals surface area (Å²) in [4.78, 5) is 47.9. The van der Waals surface area contributed by atoms with Crippen molar-refractivity contribution in [3.8, 4) is 0 Å². The summed E-state index contributed by atoms with van der Waals surface area (Å²) < 4.78 is 5.07. The minimum Gasteiger partial charge on any atom is -0.480 e. The number of hydrogen-bond donors (Lipinski definition) is 3. The maximum absolute atomic E-state index is 12.5. The van der Waals surface area contributed by atoms with E-state index in [2.05, 4.69) is 10.6 Å². The average molecular weight is 487 g/mol. The number of ketones is 1. The number of unbranched alkanes of at least 4 members (excludes halogenated alkanes) is 1. The largest absolute Gasteiger partial charge is 0.480 e. The Hall–Kier alpha value is -2.32. The first-order chi connectivity index (χ1) is 14.9. The van der Waals surface area contributed by atoms with E-state index in [-0.39, 0.29) is 29.9 Å². The first-order valence-corrected chi connectivity index (χ1v) is 11.1. The highest BCUT2D eigenvalue weighted by Gasteiger charge is 2.47. The van der Waals surface area contributed by atoms with Gasteiger partial charge in [-0.15, -0.1) is 0 Å². The smallest absolute Gasteiger partial charge is 0.408 e. The van der Waals surface area contributed by atoms with Gasteiger partial charge in [-0.2, -0.15) is 0 Å². The number of aliphatic carboxylic acids is 1. The van der Waals surface area contributed by atoms with Gasteiger partial charge in [0.2, 0.25) is 5.91 Å². The zero-order valence-electron chi connectivity index (χ0n) is 18.2. The lowest BCUT2D eigenvalue weighted by molar-refractivity contribution is -0.139. The van der Waals surface area contributed by atoms with Gasteiger partial charge in [-0.25, -0.2) is 9.59 Å². The van der Waals surface area contributed by atoms with Crippen molar-refractivity contribution >= 4 is 47.0 Å².